The van der Waals surface area contributed by atoms with Crippen LogP contribution in [0.1, 0.15) is 91.5 Å². The number of nitrogens with one attached hydrogen (secondary N) is 6. The topological polar surface area (TPSA) is 339 Å². The molecule has 24 heteroatoms. The number of carbonyl (C=O) groups is 10. The van der Waals surface area contributed by atoms with E-state index in [1.54, 1.807) is 44.2 Å². The minimum absolute atomic E-state index is 0. The first kappa shape index (κ1) is 56.5. The zero-order chi connectivity index (χ0) is 47.4. The van der Waals surface area contributed by atoms with Crippen LogP contribution in [0.5, 0.6) is 0 Å². The summed E-state index contributed by atoms with van der Waals surface area (Å²) in [5.74, 6) is -9.06. The minimum atomic E-state index is -1.69. The van der Waals surface area contributed by atoms with Gasteiger partial charge in [0.05, 0.1) is 6.42 Å². The van der Waals surface area contributed by atoms with Crippen molar-refractivity contribution in [1.82, 2.24) is 47.1 Å². The van der Waals surface area contributed by atoms with Crippen molar-refractivity contribution in [3.63, 3.8) is 0 Å². The maximum atomic E-state index is 14.2. The van der Waals surface area contributed by atoms with Gasteiger partial charge in [-0.05, 0) is 56.4 Å². The van der Waals surface area contributed by atoms with Gasteiger partial charge in [0, 0.05) is 46.8 Å². The van der Waals surface area contributed by atoms with Gasteiger partial charge >= 0.3 is 19.8 Å². The molecule has 1 aliphatic heterocycles. The fraction of sp³-hybridized carbons (Fsp3) is 0.600. The molecular formula is C40H62GaN10O13+3. The molecule has 0 aliphatic carbocycles. The van der Waals surface area contributed by atoms with Crippen molar-refractivity contribution in [3.05, 3.63) is 35.9 Å². The Morgan fingerprint density at radius 3 is 1.22 bits per heavy atom. The van der Waals surface area contributed by atoms with Crippen molar-refractivity contribution >= 4 is 78.9 Å². The van der Waals surface area contributed by atoms with Gasteiger partial charge in [0.1, 0.15) is 36.3 Å². The molecule has 11 N–H and O–H groups in total. The summed E-state index contributed by atoms with van der Waals surface area (Å²) >= 11 is 0. The molecule has 0 aromatic heterocycles. The van der Waals surface area contributed by atoms with E-state index in [-0.39, 0.29) is 96.7 Å². The molecule has 1 aromatic rings. The SMILES string of the molecule is CC(=O)N(O)CCCC1NC(=O)C(CCCN(O)C(C)=O)NC(=O)C(Cc2ccccc2)NC(=O)C(CC(C)C)NC(=O)C(CC(N)=O)NC(=O)C(CCCN(O)C(C)=O)NC1=O.[Ga+3]. The number of hydrogen-bond donors (Lipinski definition) is 10. The predicted octanol–water partition coefficient (Wildman–Crippen LogP) is -2.25. The van der Waals surface area contributed by atoms with E-state index in [9.17, 15) is 63.6 Å². The summed E-state index contributed by atoms with van der Waals surface area (Å²) < 4.78 is 0. The van der Waals surface area contributed by atoms with E-state index in [1.165, 1.54) is 0 Å². The number of primary amides is 1. The normalized spacial score (nSPS) is 21.3. The van der Waals surface area contributed by atoms with Gasteiger partial charge in [-0.2, -0.15) is 0 Å². The second-order valence-electron chi connectivity index (χ2n) is 15.7. The van der Waals surface area contributed by atoms with Crippen LogP contribution in [0, 0.1) is 5.92 Å². The monoisotopic (exact) mass is 959 g/mol. The van der Waals surface area contributed by atoms with Gasteiger partial charge in [-0.25, -0.2) is 15.2 Å². The van der Waals surface area contributed by atoms with Gasteiger partial charge in [0.25, 0.3) is 0 Å². The van der Waals surface area contributed by atoms with E-state index in [0.29, 0.717) is 20.8 Å². The average molecular weight is 961 g/mol. The van der Waals surface area contributed by atoms with E-state index in [2.05, 4.69) is 31.9 Å². The molecule has 1 aliphatic rings. The van der Waals surface area contributed by atoms with Crippen molar-refractivity contribution in [2.45, 2.75) is 129 Å². The summed E-state index contributed by atoms with van der Waals surface area (Å²) in [7, 11) is 0. The Morgan fingerprint density at radius 2 is 0.859 bits per heavy atom. The summed E-state index contributed by atoms with van der Waals surface area (Å²) in [6.45, 7) is 5.93. The largest absolute Gasteiger partial charge is 3.00 e. The number of nitrogens with two attached hydrogens (primary N) is 1. The second-order valence-corrected chi connectivity index (χ2v) is 15.7. The number of nitrogens with zero attached hydrogens (tertiary/aromatic N) is 3. The number of rotatable bonds is 18. The maximum absolute atomic E-state index is 14.2. The first-order valence-corrected chi connectivity index (χ1v) is 20.6. The van der Waals surface area contributed by atoms with Crippen LogP contribution in [-0.4, -0.2) is 166 Å². The Hall–Kier alpha value is -5.56. The van der Waals surface area contributed by atoms with Crippen LogP contribution in [-0.2, 0) is 54.4 Å². The average Bonchev–Trinajstić information content (AvgIpc) is 3.20. The molecule has 2 rings (SSSR count). The van der Waals surface area contributed by atoms with Crippen LogP contribution in [0.4, 0.5) is 0 Å². The number of amides is 10. The fourth-order valence-corrected chi connectivity index (χ4v) is 6.42. The van der Waals surface area contributed by atoms with Crippen molar-refractivity contribution in [1.29, 1.82) is 0 Å². The predicted molar refractivity (Wildman–Crippen MR) is 226 cm³/mol. The molecule has 1 heterocycles. The molecule has 1 aromatic carbocycles. The quantitative estimate of drug-likeness (QED) is 0.0423. The first-order valence-electron chi connectivity index (χ1n) is 20.6. The van der Waals surface area contributed by atoms with Crippen LogP contribution < -0.4 is 37.6 Å². The fourth-order valence-electron chi connectivity index (χ4n) is 6.42. The zero-order valence-electron chi connectivity index (χ0n) is 36.8. The van der Waals surface area contributed by atoms with E-state index in [4.69, 9.17) is 5.73 Å². The van der Waals surface area contributed by atoms with Crippen molar-refractivity contribution < 1.29 is 63.6 Å². The zero-order valence-corrected chi connectivity index (χ0v) is 39.3. The van der Waals surface area contributed by atoms with Crippen LogP contribution in [0.15, 0.2) is 30.3 Å². The summed E-state index contributed by atoms with van der Waals surface area (Å²) in [4.78, 5) is 132. The number of benzene rings is 1. The number of hydrogen-bond acceptors (Lipinski definition) is 13. The molecule has 64 heavy (non-hydrogen) atoms. The summed E-state index contributed by atoms with van der Waals surface area (Å²) in [6.07, 6.45) is -1.87. The third kappa shape index (κ3) is 20.3. The van der Waals surface area contributed by atoms with Gasteiger partial charge in [0.15, 0.2) is 0 Å². The third-order valence-electron chi connectivity index (χ3n) is 9.87. The Morgan fingerprint density at radius 1 is 0.547 bits per heavy atom. The van der Waals surface area contributed by atoms with Crippen molar-refractivity contribution in [2.24, 2.45) is 11.7 Å². The van der Waals surface area contributed by atoms with Crippen LogP contribution in [0.3, 0.4) is 0 Å². The van der Waals surface area contributed by atoms with E-state index >= 15 is 0 Å². The minimum Gasteiger partial charge on any atom is -0.370 e. The molecule has 350 valence electrons. The Bertz CT molecular complexity index is 1790. The van der Waals surface area contributed by atoms with Gasteiger partial charge in [-0.3, -0.25) is 63.6 Å². The maximum Gasteiger partial charge on any atom is 3.00 e. The molecule has 0 bridgehead atoms. The van der Waals surface area contributed by atoms with Crippen LogP contribution in [0.25, 0.3) is 0 Å². The second kappa shape index (κ2) is 28.3. The molecule has 0 radical (unpaired) electrons. The van der Waals surface area contributed by atoms with Crippen LogP contribution >= 0.6 is 0 Å². The van der Waals surface area contributed by atoms with E-state index < -0.39 is 102 Å². The molecule has 23 nitrogen and oxygen atoms in total. The van der Waals surface area contributed by atoms with Crippen LogP contribution in [0.2, 0.25) is 0 Å². The van der Waals surface area contributed by atoms with E-state index in [1.807, 2.05) is 0 Å². The first-order chi connectivity index (χ1) is 29.6. The molecule has 10 amide bonds. The van der Waals surface area contributed by atoms with Gasteiger partial charge in [0.2, 0.25) is 59.1 Å². The molecule has 0 saturated carbocycles. The van der Waals surface area contributed by atoms with Gasteiger partial charge in [-0.1, -0.05) is 44.2 Å². The Balaban J connectivity index is 0.0000205. The summed E-state index contributed by atoms with van der Waals surface area (Å²) in [5, 5.41) is 46.4. The molecular weight excluding hydrogens is 898 g/mol. The molecule has 1 fully saturated rings. The van der Waals surface area contributed by atoms with Gasteiger partial charge in [-0.15, -0.1) is 0 Å². The standard InChI is InChI=1S/C40H62N10O13.Ga/c1-23(2)20-31-38(58)46-32(21-27-12-7-6-8-13-27)39(59)44-29(15-10-18-49(62)25(4)52)36(56)42-28(14-9-17-48(61)24(3)51)35(55)43-30(16-11-19-50(63)26(5)53)37(57)47-33(22-34(41)54)40(60)45-31;/h6-8,12-13,23,28-33,61-63H,9-11,14-22H2,1-5H3,(H2,41,54)(H,42,56)(H,43,55)(H,44,59)(H,45,60)(H,46,58)(H,47,57);/q;+3. The van der Waals surface area contributed by atoms with Crippen molar-refractivity contribution in [2.75, 3.05) is 19.6 Å². The summed E-state index contributed by atoms with van der Waals surface area (Å²) in [6, 6.07) is -0.468. The van der Waals surface area contributed by atoms with Crippen molar-refractivity contribution in [3.8, 4) is 0 Å². The Labute approximate surface area is 384 Å². The molecule has 0 spiro atoms. The van der Waals surface area contributed by atoms with E-state index in [0.717, 1.165) is 20.8 Å². The Kier molecular flexibility index (Phi) is 24.9. The molecule has 6 atom stereocenters. The smallest absolute Gasteiger partial charge is 0.370 e. The molecule has 6 unspecified atom stereocenters. The van der Waals surface area contributed by atoms with Gasteiger partial charge < -0.3 is 37.6 Å². The number of carbonyl (C=O) groups excluding carboxylic acids is 10. The third-order valence-corrected chi connectivity index (χ3v) is 9.87. The molecule has 1 saturated heterocycles. The summed E-state index contributed by atoms with van der Waals surface area (Å²) in [5.41, 5.74) is 6.05. The number of hydroxylamine groups is 6.